The third kappa shape index (κ3) is 3.61. The van der Waals surface area contributed by atoms with Crippen molar-refractivity contribution in [2.75, 3.05) is 18.6 Å². The maximum absolute atomic E-state index is 12.3. The number of aliphatic hydroxyl groups is 1. The number of benzene rings is 1. The predicted octanol–water partition coefficient (Wildman–Crippen LogP) is 1.56. The van der Waals surface area contributed by atoms with Crippen molar-refractivity contribution >= 4 is 17.5 Å². The number of amides is 2. The van der Waals surface area contributed by atoms with E-state index in [1.165, 1.54) is 0 Å². The number of hydrogen-bond acceptors (Lipinski definition) is 3. The van der Waals surface area contributed by atoms with Gasteiger partial charge in [0.15, 0.2) is 0 Å². The number of aliphatic hydroxyl groups excluding tert-OH is 1. The molecule has 5 heteroatoms. The summed E-state index contributed by atoms with van der Waals surface area (Å²) in [6, 6.07) is 6.79. The Morgan fingerprint density at radius 2 is 2.05 bits per heavy atom. The average Bonchev–Trinajstić information content (AvgIpc) is 3.35. The molecule has 2 amide bonds. The highest BCUT2D eigenvalue weighted by Gasteiger charge is 2.33. The fourth-order valence-corrected chi connectivity index (χ4v) is 2.22. The standard InChI is InChI=1S/C16H22N2O3/c1-3-12(10-19)17-15(20)13-6-4-5-7-14(13)18(2)16(21)11-8-9-11/h4-7,11-12,19H,3,8-10H2,1-2H3,(H,17,20). The van der Waals surface area contributed by atoms with E-state index in [0.29, 0.717) is 17.7 Å². The summed E-state index contributed by atoms with van der Waals surface area (Å²) < 4.78 is 0. The maximum Gasteiger partial charge on any atom is 0.253 e. The lowest BCUT2D eigenvalue weighted by atomic mass is 10.1. The predicted molar refractivity (Wildman–Crippen MR) is 81.2 cm³/mol. The van der Waals surface area contributed by atoms with Gasteiger partial charge in [0.2, 0.25) is 5.91 Å². The largest absolute Gasteiger partial charge is 0.394 e. The molecule has 0 saturated heterocycles. The number of hydrogen-bond donors (Lipinski definition) is 2. The zero-order chi connectivity index (χ0) is 15.4. The summed E-state index contributed by atoms with van der Waals surface area (Å²) in [7, 11) is 1.70. The van der Waals surface area contributed by atoms with Crippen LogP contribution >= 0.6 is 0 Å². The van der Waals surface area contributed by atoms with E-state index in [0.717, 1.165) is 12.8 Å². The van der Waals surface area contributed by atoms with Crippen LogP contribution < -0.4 is 10.2 Å². The number of carbonyl (C=O) groups excluding carboxylic acids is 2. The molecule has 1 atom stereocenters. The first-order valence-electron chi connectivity index (χ1n) is 7.36. The van der Waals surface area contributed by atoms with Crippen LogP contribution in [0.3, 0.4) is 0 Å². The van der Waals surface area contributed by atoms with Crippen LogP contribution in [0.5, 0.6) is 0 Å². The molecule has 1 aliphatic carbocycles. The monoisotopic (exact) mass is 290 g/mol. The number of carbonyl (C=O) groups is 2. The Bertz CT molecular complexity index is 522. The molecule has 0 spiro atoms. The third-order valence-corrected chi connectivity index (χ3v) is 3.82. The van der Waals surface area contributed by atoms with Crippen molar-refractivity contribution in [1.29, 1.82) is 0 Å². The zero-order valence-electron chi connectivity index (χ0n) is 12.5. The summed E-state index contributed by atoms with van der Waals surface area (Å²) in [4.78, 5) is 26.1. The van der Waals surface area contributed by atoms with Crippen LogP contribution in [0.1, 0.15) is 36.5 Å². The Kier molecular flexibility index (Phi) is 4.96. The van der Waals surface area contributed by atoms with E-state index >= 15 is 0 Å². The molecule has 0 heterocycles. The fraction of sp³-hybridized carbons (Fsp3) is 0.500. The van der Waals surface area contributed by atoms with Crippen LogP contribution in [0.25, 0.3) is 0 Å². The maximum atomic E-state index is 12.3. The molecule has 0 bridgehead atoms. The van der Waals surface area contributed by atoms with Crippen LogP contribution in [0.4, 0.5) is 5.69 Å². The first-order chi connectivity index (χ1) is 10.1. The van der Waals surface area contributed by atoms with Gasteiger partial charge in [-0.15, -0.1) is 0 Å². The second kappa shape index (κ2) is 6.72. The second-order valence-corrected chi connectivity index (χ2v) is 5.45. The summed E-state index contributed by atoms with van der Waals surface area (Å²) in [5.74, 6) is -0.0988. The van der Waals surface area contributed by atoms with Gasteiger partial charge in [-0.2, -0.15) is 0 Å². The van der Waals surface area contributed by atoms with E-state index in [2.05, 4.69) is 5.32 Å². The molecule has 5 nitrogen and oxygen atoms in total. The molecule has 1 unspecified atom stereocenters. The Balaban J connectivity index is 2.19. The molecule has 21 heavy (non-hydrogen) atoms. The molecule has 1 aromatic rings. The lowest BCUT2D eigenvalue weighted by Crippen LogP contribution is -2.38. The normalized spacial score (nSPS) is 15.4. The molecule has 0 radical (unpaired) electrons. The molecular formula is C16H22N2O3. The van der Waals surface area contributed by atoms with E-state index < -0.39 is 0 Å². The van der Waals surface area contributed by atoms with E-state index in [4.69, 9.17) is 0 Å². The zero-order valence-corrected chi connectivity index (χ0v) is 12.5. The number of rotatable bonds is 6. The summed E-state index contributed by atoms with van der Waals surface area (Å²) in [5.41, 5.74) is 1.07. The summed E-state index contributed by atoms with van der Waals surface area (Å²) in [6.45, 7) is 1.80. The van der Waals surface area contributed by atoms with Crippen molar-refractivity contribution in [2.45, 2.75) is 32.2 Å². The van der Waals surface area contributed by atoms with E-state index in [1.807, 2.05) is 13.0 Å². The molecule has 2 N–H and O–H groups in total. The van der Waals surface area contributed by atoms with Crippen molar-refractivity contribution in [3.05, 3.63) is 29.8 Å². The van der Waals surface area contributed by atoms with Gasteiger partial charge in [0.25, 0.3) is 5.91 Å². The molecule has 2 rings (SSSR count). The van der Waals surface area contributed by atoms with Crippen molar-refractivity contribution in [3.8, 4) is 0 Å². The Morgan fingerprint density at radius 3 is 2.62 bits per heavy atom. The number of nitrogens with one attached hydrogen (secondary N) is 1. The second-order valence-electron chi connectivity index (χ2n) is 5.45. The van der Waals surface area contributed by atoms with Crippen molar-refractivity contribution in [3.63, 3.8) is 0 Å². The highest BCUT2D eigenvalue weighted by molar-refractivity contribution is 6.05. The van der Waals surface area contributed by atoms with Crippen molar-refractivity contribution in [1.82, 2.24) is 5.32 Å². The molecule has 1 fully saturated rings. The number of para-hydroxylation sites is 1. The molecule has 1 saturated carbocycles. The van der Waals surface area contributed by atoms with Crippen LogP contribution in [0, 0.1) is 5.92 Å². The van der Waals surface area contributed by atoms with Gasteiger partial charge >= 0.3 is 0 Å². The van der Waals surface area contributed by atoms with Gasteiger partial charge < -0.3 is 15.3 Å². The van der Waals surface area contributed by atoms with Crippen LogP contribution in [-0.2, 0) is 4.79 Å². The Morgan fingerprint density at radius 1 is 1.38 bits per heavy atom. The minimum absolute atomic E-state index is 0.0597. The van der Waals surface area contributed by atoms with E-state index in [1.54, 1.807) is 30.1 Å². The first kappa shape index (κ1) is 15.5. The van der Waals surface area contributed by atoms with E-state index in [-0.39, 0.29) is 30.4 Å². The van der Waals surface area contributed by atoms with Gasteiger partial charge in [-0.25, -0.2) is 0 Å². The highest BCUT2D eigenvalue weighted by atomic mass is 16.3. The minimum Gasteiger partial charge on any atom is -0.394 e. The quantitative estimate of drug-likeness (QED) is 0.835. The lowest BCUT2D eigenvalue weighted by molar-refractivity contribution is -0.119. The number of nitrogens with zero attached hydrogens (tertiary/aromatic N) is 1. The van der Waals surface area contributed by atoms with Gasteiger partial charge in [-0.1, -0.05) is 19.1 Å². The number of anilines is 1. The smallest absolute Gasteiger partial charge is 0.253 e. The minimum atomic E-state index is -0.269. The molecule has 1 aliphatic rings. The van der Waals surface area contributed by atoms with Crippen molar-refractivity contribution in [2.24, 2.45) is 5.92 Å². The molecule has 1 aromatic carbocycles. The Labute approximate surface area is 125 Å². The van der Waals surface area contributed by atoms with Gasteiger partial charge in [0.05, 0.1) is 23.9 Å². The molecule has 0 aliphatic heterocycles. The van der Waals surface area contributed by atoms with Crippen molar-refractivity contribution < 1.29 is 14.7 Å². The van der Waals surface area contributed by atoms with Gasteiger partial charge in [0.1, 0.15) is 0 Å². The van der Waals surface area contributed by atoms with Gasteiger partial charge in [-0.3, -0.25) is 9.59 Å². The molecule has 0 aromatic heterocycles. The van der Waals surface area contributed by atoms with Crippen LogP contribution in [-0.4, -0.2) is 36.6 Å². The van der Waals surface area contributed by atoms with Crippen LogP contribution in [0.15, 0.2) is 24.3 Å². The van der Waals surface area contributed by atoms with Gasteiger partial charge in [-0.05, 0) is 31.4 Å². The fourth-order valence-electron chi connectivity index (χ4n) is 2.22. The third-order valence-electron chi connectivity index (χ3n) is 3.82. The first-order valence-corrected chi connectivity index (χ1v) is 7.36. The van der Waals surface area contributed by atoms with Crippen LogP contribution in [0.2, 0.25) is 0 Å². The Hall–Kier alpha value is -1.88. The average molecular weight is 290 g/mol. The lowest BCUT2D eigenvalue weighted by Gasteiger charge is -2.21. The summed E-state index contributed by atoms with van der Waals surface area (Å²) >= 11 is 0. The molecule has 114 valence electrons. The summed E-state index contributed by atoms with van der Waals surface area (Å²) in [6.07, 6.45) is 2.52. The summed E-state index contributed by atoms with van der Waals surface area (Å²) in [5, 5.41) is 12.0. The SMILES string of the molecule is CCC(CO)NC(=O)c1ccccc1N(C)C(=O)C1CC1. The van der Waals surface area contributed by atoms with Gasteiger partial charge in [0, 0.05) is 13.0 Å². The topological polar surface area (TPSA) is 69.6 Å². The highest BCUT2D eigenvalue weighted by Crippen LogP contribution is 2.33. The molecular weight excluding hydrogens is 268 g/mol. The van der Waals surface area contributed by atoms with E-state index in [9.17, 15) is 14.7 Å².